The van der Waals surface area contributed by atoms with E-state index in [2.05, 4.69) is 11.2 Å². The third kappa shape index (κ3) is 2.02. The quantitative estimate of drug-likeness (QED) is 0.583. The van der Waals surface area contributed by atoms with Crippen molar-refractivity contribution in [2.75, 3.05) is 6.54 Å². The highest BCUT2D eigenvalue weighted by Crippen LogP contribution is 2.36. The molecule has 1 heterocycles. The van der Waals surface area contributed by atoms with Crippen LogP contribution in [0.5, 0.6) is 0 Å². The van der Waals surface area contributed by atoms with Crippen molar-refractivity contribution in [1.29, 1.82) is 0 Å². The molecule has 0 radical (unpaired) electrons. The molecule has 4 nitrogen and oxygen atoms in total. The van der Waals surface area contributed by atoms with Crippen LogP contribution < -0.4 is 5.32 Å². The van der Waals surface area contributed by atoms with Gasteiger partial charge in [0, 0.05) is 13.0 Å². The minimum Gasteiger partial charge on any atom is -0.309 e. The summed E-state index contributed by atoms with van der Waals surface area (Å²) >= 11 is 0. The van der Waals surface area contributed by atoms with Crippen LogP contribution in [-0.2, 0) is 4.79 Å². The summed E-state index contributed by atoms with van der Waals surface area (Å²) in [6.07, 6.45) is 11.6. The van der Waals surface area contributed by atoms with Crippen molar-refractivity contribution >= 4 is 11.9 Å². The van der Waals surface area contributed by atoms with Crippen molar-refractivity contribution in [1.82, 2.24) is 10.2 Å². The van der Waals surface area contributed by atoms with E-state index in [1.165, 1.54) is 0 Å². The summed E-state index contributed by atoms with van der Waals surface area (Å²) in [5.74, 6) is 2.41. The zero-order chi connectivity index (χ0) is 12.3. The Morgan fingerprint density at radius 3 is 2.47 bits per heavy atom. The predicted octanol–water partition coefficient (Wildman–Crippen LogP) is 1.65. The number of hydrogen-bond donors (Lipinski definition) is 1. The Kier molecular flexibility index (Phi) is 3.37. The molecule has 2 fully saturated rings. The molecule has 92 valence electrons. The number of urea groups is 1. The monoisotopic (exact) mass is 234 g/mol. The molecule has 2 rings (SSSR count). The van der Waals surface area contributed by atoms with Crippen LogP contribution in [0.3, 0.4) is 0 Å². The van der Waals surface area contributed by atoms with Crippen LogP contribution in [0, 0.1) is 12.3 Å². The fraction of sp³-hybridized carbons (Fsp3) is 0.692. The Hall–Kier alpha value is -1.50. The number of nitrogens with one attached hydrogen (secondary N) is 1. The summed E-state index contributed by atoms with van der Waals surface area (Å²) in [5.41, 5.74) is -0.607. The third-order valence-electron chi connectivity index (χ3n) is 3.82. The van der Waals surface area contributed by atoms with Crippen LogP contribution in [0.4, 0.5) is 4.79 Å². The molecule has 0 aromatic rings. The number of terminal acetylenes is 1. The molecule has 1 spiro atoms. The fourth-order valence-corrected chi connectivity index (χ4v) is 2.90. The number of rotatable bonds is 2. The molecular weight excluding hydrogens is 216 g/mol. The second-order valence-corrected chi connectivity index (χ2v) is 4.81. The molecule has 0 atom stereocenters. The van der Waals surface area contributed by atoms with Gasteiger partial charge in [-0.25, -0.2) is 4.79 Å². The van der Waals surface area contributed by atoms with Gasteiger partial charge in [-0.15, -0.1) is 12.3 Å². The van der Waals surface area contributed by atoms with E-state index < -0.39 is 5.54 Å². The van der Waals surface area contributed by atoms with Gasteiger partial charge in [-0.05, 0) is 12.8 Å². The summed E-state index contributed by atoms with van der Waals surface area (Å²) in [5, 5.41) is 2.44. The highest BCUT2D eigenvalue weighted by molar-refractivity contribution is 6.07. The lowest BCUT2D eigenvalue weighted by Gasteiger charge is -2.34. The maximum Gasteiger partial charge on any atom is 0.325 e. The number of amides is 3. The van der Waals surface area contributed by atoms with E-state index in [1.807, 2.05) is 0 Å². The van der Waals surface area contributed by atoms with Gasteiger partial charge in [0.15, 0.2) is 0 Å². The molecule has 0 aromatic carbocycles. The standard InChI is InChI=1S/C13H18N2O2/c1-2-3-10-15-12(17)14-11(16)13(15)8-6-4-5-7-9-13/h1H,3-10H2,(H,14,16,17). The molecule has 4 heteroatoms. The molecule has 0 aromatic heterocycles. The molecule has 1 N–H and O–H groups in total. The first kappa shape index (κ1) is 12.0. The van der Waals surface area contributed by atoms with Crippen LogP contribution in [-0.4, -0.2) is 28.9 Å². The predicted molar refractivity (Wildman–Crippen MR) is 64.1 cm³/mol. The topological polar surface area (TPSA) is 49.4 Å². The lowest BCUT2D eigenvalue weighted by molar-refractivity contribution is -0.127. The second-order valence-electron chi connectivity index (χ2n) is 4.81. The Balaban J connectivity index is 2.23. The fourth-order valence-electron chi connectivity index (χ4n) is 2.90. The Bertz CT molecular complexity index is 362. The first-order valence-corrected chi connectivity index (χ1v) is 6.27. The van der Waals surface area contributed by atoms with Gasteiger partial charge >= 0.3 is 6.03 Å². The molecule has 17 heavy (non-hydrogen) atoms. The van der Waals surface area contributed by atoms with Crippen molar-refractivity contribution in [3.8, 4) is 12.3 Å². The van der Waals surface area contributed by atoms with Crippen LogP contribution in [0.2, 0.25) is 0 Å². The van der Waals surface area contributed by atoms with Gasteiger partial charge in [-0.2, -0.15) is 0 Å². The zero-order valence-electron chi connectivity index (χ0n) is 10.00. The Morgan fingerprint density at radius 2 is 1.88 bits per heavy atom. The molecule has 0 bridgehead atoms. The van der Waals surface area contributed by atoms with E-state index in [0.717, 1.165) is 38.5 Å². The van der Waals surface area contributed by atoms with Gasteiger partial charge in [-0.1, -0.05) is 25.7 Å². The first-order valence-electron chi connectivity index (χ1n) is 6.27. The van der Waals surface area contributed by atoms with E-state index in [-0.39, 0.29) is 11.9 Å². The maximum absolute atomic E-state index is 12.1. The molecular formula is C13H18N2O2. The first-order chi connectivity index (χ1) is 8.20. The third-order valence-corrected chi connectivity index (χ3v) is 3.82. The molecule has 1 aliphatic carbocycles. The van der Waals surface area contributed by atoms with Gasteiger partial charge in [-0.3, -0.25) is 10.1 Å². The van der Waals surface area contributed by atoms with Crippen molar-refractivity contribution in [2.45, 2.75) is 50.5 Å². The largest absolute Gasteiger partial charge is 0.325 e. The van der Waals surface area contributed by atoms with Gasteiger partial charge in [0.2, 0.25) is 0 Å². The molecule has 3 amide bonds. The van der Waals surface area contributed by atoms with Crippen LogP contribution in [0.15, 0.2) is 0 Å². The van der Waals surface area contributed by atoms with E-state index >= 15 is 0 Å². The van der Waals surface area contributed by atoms with E-state index in [0.29, 0.717) is 13.0 Å². The number of imide groups is 1. The normalized spacial score (nSPS) is 23.4. The number of carbonyl (C=O) groups excluding carboxylic acids is 2. The van der Waals surface area contributed by atoms with Gasteiger partial charge < -0.3 is 4.90 Å². The van der Waals surface area contributed by atoms with Gasteiger partial charge in [0.25, 0.3) is 5.91 Å². The van der Waals surface area contributed by atoms with Crippen LogP contribution in [0.25, 0.3) is 0 Å². The van der Waals surface area contributed by atoms with Crippen molar-refractivity contribution in [2.24, 2.45) is 0 Å². The minimum absolute atomic E-state index is 0.124. The lowest BCUT2D eigenvalue weighted by Crippen LogP contribution is -2.49. The van der Waals surface area contributed by atoms with Gasteiger partial charge in [0.05, 0.1) is 0 Å². The summed E-state index contributed by atoms with van der Waals surface area (Å²) < 4.78 is 0. The Morgan fingerprint density at radius 1 is 1.24 bits per heavy atom. The zero-order valence-corrected chi connectivity index (χ0v) is 10.00. The van der Waals surface area contributed by atoms with Crippen LogP contribution >= 0.6 is 0 Å². The van der Waals surface area contributed by atoms with Gasteiger partial charge in [0.1, 0.15) is 5.54 Å². The molecule has 1 saturated carbocycles. The molecule has 1 aliphatic heterocycles. The molecule has 0 unspecified atom stereocenters. The van der Waals surface area contributed by atoms with Crippen molar-refractivity contribution in [3.63, 3.8) is 0 Å². The SMILES string of the molecule is C#CCCN1C(=O)NC(=O)C12CCCCCC2. The Labute approximate surface area is 102 Å². The van der Waals surface area contributed by atoms with Crippen molar-refractivity contribution < 1.29 is 9.59 Å². The van der Waals surface area contributed by atoms with Crippen molar-refractivity contribution in [3.05, 3.63) is 0 Å². The molecule has 2 aliphatic rings. The number of nitrogens with zero attached hydrogens (tertiary/aromatic N) is 1. The average molecular weight is 234 g/mol. The average Bonchev–Trinajstić information content (AvgIpc) is 2.50. The summed E-state index contributed by atoms with van der Waals surface area (Å²) in [6.45, 7) is 0.480. The smallest absolute Gasteiger partial charge is 0.309 e. The summed E-state index contributed by atoms with van der Waals surface area (Å²) in [6, 6.07) is -0.271. The van der Waals surface area contributed by atoms with E-state index in [9.17, 15) is 9.59 Å². The lowest BCUT2D eigenvalue weighted by atomic mass is 9.88. The molecule has 1 saturated heterocycles. The van der Waals surface area contributed by atoms with Crippen LogP contribution in [0.1, 0.15) is 44.9 Å². The maximum atomic E-state index is 12.1. The summed E-state index contributed by atoms with van der Waals surface area (Å²) in [7, 11) is 0. The highest BCUT2D eigenvalue weighted by Gasteiger charge is 2.51. The van der Waals surface area contributed by atoms with E-state index in [1.54, 1.807) is 4.90 Å². The number of carbonyl (C=O) groups is 2. The number of hydrogen-bond acceptors (Lipinski definition) is 2. The van der Waals surface area contributed by atoms with E-state index in [4.69, 9.17) is 6.42 Å². The summed E-state index contributed by atoms with van der Waals surface area (Å²) in [4.78, 5) is 25.5. The minimum atomic E-state index is -0.607. The second kappa shape index (κ2) is 4.79. The highest BCUT2D eigenvalue weighted by atomic mass is 16.2.